The second-order valence-electron chi connectivity index (χ2n) is 6.31. The molecule has 3 rings (SSSR count). The monoisotopic (exact) mass is 400 g/mol. The fraction of sp³-hybridized carbons (Fsp3) is 0.316. The van der Waals surface area contributed by atoms with Crippen molar-refractivity contribution in [1.82, 2.24) is 4.90 Å². The molecule has 0 spiro atoms. The number of rotatable bonds is 4. The number of hydrogen-bond donors (Lipinski definition) is 1. The molecule has 26 heavy (non-hydrogen) atoms. The lowest BCUT2D eigenvalue weighted by molar-refractivity contribution is -0.158. The molecular weight excluding hydrogens is 381 g/mol. The first-order chi connectivity index (χ1) is 11.9. The van der Waals surface area contributed by atoms with Gasteiger partial charge in [0, 0.05) is 29.6 Å². The summed E-state index contributed by atoms with van der Waals surface area (Å²) in [5.74, 6) is -4.89. The van der Waals surface area contributed by atoms with Crippen molar-refractivity contribution in [1.29, 1.82) is 0 Å². The van der Waals surface area contributed by atoms with Gasteiger partial charge in [0.15, 0.2) is 0 Å². The van der Waals surface area contributed by atoms with E-state index in [-0.39, 0.29) is 42.4 Å². The Morgan fingerprint density at radius 3 is 2.46 bits per heavy atom. The fourth-order valence-electron chi connectivity index (χ4n) is 3.36. The second kappa shape index (κ2) is 8.33. The standard InChI is InChI=1S/C19H19ClF2N2O.ClH/c20-16-8-4-7-15(9-16)19(21,22)18(25)24-11-14(10-23)17(12-24)13-5-2-1-3-6-13;/h1-9,14,17H,10-12,23H2;1H/t14-,17+;/m1./s1. The highest BCUT2D eigenvalue weighted by molar-refractivity contribution is 6.30. The largest absolute Gasteiger partial charge is 0.350 e. The van der Waals surface area contributed by atoms with E-state index in [0.717, 1.165) is 11.6 Å². The van der Waals surface area contributed by atoms with Crippen LogP contribution in [-0.2, 0) is 10.7 Å². The maximum Gasteiger partial charge on any atom is 0.350 e. The Balaban J connectivity index is 0.00000243. The van der Waals surface area contributed by atoms with Gasteiger partial charge in [-0.2, -0.15) is 8.78 Å². The molecule has 0 radical (unpaired) electrons. The highest BCUT2D eigenvalue weighted by atomic mass is 35.5. The van der Waals surface area contributed by atoms with Crippen LogP contribution in [0.2, 0.25) is 5.02 Å². The molecule has 0 bridgehead atoms. The van der Waals surface area contributed by atoms with E-state index in [9.17, 15) is 13.6 Å². The summed E-state index contributed by atoms with van der Waals surface area (Å²) >= 11 is 5.79. The third-order valence-corrected chi connectivity index (χ3v) is 4.95. The van der Waals surface area contributed by atoms with Crippen LogP contribution < -0.4 is 5.73 Å². The van der Waals surface area contributed by atoms with Crippen molar-refractivity contribution in [3.05, 3.63) is 70.7 Å². The lowest BCUT2D eigenvalue weighted by Gasteiger charge is -2.23. The van der Waals surface area contributed by atoms with Gasteiger partial charge < -0.3 is 10.6 Å². The molecule has 0 saturated carbocycles. The zero-order valence-electron chi connectivity index (χ0n) is 13.9. The van der Waals surface area contributed by atoms with Gasteiger partial charge in [0.05, 0.1) is 0 Å². The zero-order valence-corrected chi connectivity index (χ0v) is 15.5. The van der Waals surface area contributed by atoms with Crippen LogP contribution >= 0.6 is 24.0 Å². The van der Waals surface area contributed by atoms with Gasteiger partial charge in [-0.25, -0.2) is 0 Å². The molecule has 1 fully saturated rings. The van der Waals surface area contributed by atoms with Gasteiger partial charge >= 0.3 is 5.92 Å². The highest BCUT2D eigenvalue weighted by Crippen LogP contribution is 2.37. The highest BCUT2D eigenvalue weighted by Gasteiger charge is 2.47. The number of nitrogens with zero attached hydrogens (tertiary/aromatic N) is 1. The summed E-state index contributed by atoms with van der Waals surface area (Å²) in [6.07, 6.45) is 0. The summed E-state index contributed by atoms with van der Waals surface area (Å²) < 4.78 is 29.3. The van der Waals surface area contributed by atoms with E-state index in [1.54, 1.807) is 0 Å². The van der Waals surface area contributed by atoms with Crippen molar-refractivity contribution in [3.63, 3.8) is 0 Å². The first-order valence-electron chi connectivity index (χ1n) is 8.11. The van der Waals surface area contributed by atoms with Crippen LogP contribution in [0.25, 0.3) is 0 Å². The van der Waals surface area contributed by atoms with Crippen LogP contribution in [0.5, 0.6) is 0 Å². The van der Waals surface area contributed by atoms with Crippen molar-refractivity contribution in [2.45, 2.75) is 11.8 Å². The summed E-state index contributed by atoms with van der Waals surface area (Å²) in [7, 11) is 0. The summed E-state index contributed by atoms with van der Waals surface area (Å²) in [4.78, 5) is 13.7. The normalized spacial score (nSPS) is 19.9. The minimum absolute atomic E-state index is 0. The number of amides is 1. The third kappa shape index (κ3) is 4.00. The van der Waals surface area contributed by atoms with E-state index in [2.05, 4.69) is 0 Å². The van der Waals surface area contributed by atoms with Crippen molar-refractivity contribution in [2.24, 2.45) is 11.7 Å². The Hall–Kier alpha value is -1.69. The number of hydrogen-bond acceptors (Lipinski definition) is 2. The average Bonchev–Trinajstić information content (AvgIpc) is 3.06. The molecule has 1 aliphatic rings. The molecule has 3 nitrogen and oxygen atoms in total. The van der Waals surface area contributed by atoms with Gasteiger partial charge in [-0.3, -0.25) is 4.79 Å². The van der Waals surface area contributed by atoms with Crippen LogP contribution in [-0.4, -0.2) is 30.4 Å². The van der Waals surface area contributed by atoms with Crippen LogP contribution in [0.15, 0.2) is 54.6 Å². The number of nitrogens with two attached hydrogens (primary N) is 1. The first kappa shape index (κ1) is 20.6. The minimum Gasteiger partial charge on any atom is -0.336 e. The van der Waals surface area contributed by atoms with Gasteiger partial charge in [-0.1, -0.05) is 54.1 Å². The van der Waals surface area contributed by atoms with E-state index in [0.29, 0.717) is 6.54 Å². The van der Waals surface area contributed by atoms with Crippen LogP contribution in [0.4, 0.5) is 8.78 Å². The smallest absolute Gasteiger partial charge is 0.336 e. The Morgan fingerprint density at radius 2 is 1.85 bits per heavy atom. The molecular formula is C19H20Cl2F2N2O. The molecule has 7 heteroatoms. The lowest BCUT2D eigenvalue weighted by atomic mass is 9.89. The van der Waals surface area contributed by atoms with E-state index >= 15 is 0 Å². The molecule has 140 valence electrons. The molecule has 0 unspecified atom stereocenters. The summed E-state index contributed by atoms with van der Waals surface area (Å²) in [6, 6.07) is 14.8. The maximum absolute atomic E-state index is 14.7. The Bertz CT molecular complexity index is 758. The predicted molar refractivity (Wildman–Crippen MR) is 101 cm³/mol. The summed E-state index contributed by atoms with van der Waals surface area (Å²) in [5, 5.41) is 0.174. The molecule has 2 aromatic rings. The van der Waals surface area contributed by atoms with Gasteiger partial charge in [-0.15, -0.1) is 12.4 Å². The molecule has 1 amide bonds. The van der Waals surface area contributed by atoms with E-state index in [4.69, 9.17) is 17.3 Å². The van der Waals surface area contributed by atoms with Crippen molar-refractivity contribution in [3.8, 4) is 0 Å². The number of alkyl halides is 2. The topological polar surface area (TPSA) is 46.3 Å². The molecule has 1 aliphatic heterocycles. The maximum atomic E-state index is 14.7. The van der Waals surface area contributed by atoms with Crippen LogP contribution in [0.1, 0.15) is 17.0 Å². The Kier molecular flexibility index (Phi) is 6.61. The summed E-state index contributed by atoms with van der Waals surface area (Å²) in [5.41, 5.74) is 6.44. The second-order valence-corrected chi connectivity index (χ2v) is 6.74. The molecule has 2 N–H and O–H groups in total. The van der Waals surface area contributed by atoms with E-state index < -0.39 is 17.4 Å². The fourth-order valence-corrected chi connectivity index (χ4v) is 3.55. The zero-order chi connectivity index (χ0) is 18.0. The third-order valence-electron chi connectivity index (χ3n) is 4.71. The lowest BCUT2D eigenvalue weighted by Crippen LogP contribution is -2.41. The Morgan fingerprint density at radius 1 is 1.15 bits per heavy atom. The number of carbonyl (C=O) groups is 1. The van der Waals surface area contributed by atoms with Crippen LogP contribution in [0, 0.1) is 5.92 Å². The molecule has 1 saturated heterocycles. The Labute approximate surface area is 162 Å². The number of benzene rings is 2. The average molecular weight is 401 g/mol. The van der Waals surface area contributed by atoms with Crippen molar-refractivity contribution in [2.75, 3.05) is 19.6 Å². The number of halogens is 4. The predicted octanol–water partition coefficient (Wildman–Crippen LogP) is 4.05. The molecule has 2 atom stereocenters. The molecule has 2 aromatic carbocycles. The van der Waals surface area contributed by atoms with Gasteiger partial charge in [-0.05, 0) is 30.2 Å². The molecule has 0 aliphatic carbocycles. The number of carbonyl (C=O) groups excluding carboxylic acids is 1. The first-order valence-corrected chi connectivity index (χ1v) is 8.49. The quantitative estimate of drug-likeness (QED) is 0.840. The molecule has 1 heterocycles. The summed E-state index contributed by atoms with van der Waals surface area (Å²) in [6.45, 7) is 0.804. The van der Waals surface area contributed by atoms with Gasteiger partial charge in [0.25, 0.3) is 5.91 Å². The van der Waals surface area contributed by atoms with Crippen molar-refractivity contribution < 1.29 is 13.6 Å². The van der Waals surface area contributed by atoms with Crippen LogP contribution in [0.3, 0.4) is 0 Å². The van der Waals surface area contributed by atoms with E-state index in [1.165, 1.54) is 23.1 Å². The van der Waals surface area contributed by atoms with E-state index in [1.807, 2.05) is 30.3 Å². The van der Waals surface area contributed by atoms with Gasteiger partial charge in [0.2, 0.25) is 0 Å². The van der Waals surface area contributed by atoms with Crippen molar-refractivity contribution >= 4 is 29.9 Å². The molecule has 0 aromatic heterocycles. The van der Waals surface area contributed by atoms with Gasteiger partial charge in [0.1, 0.15) is 0 Å². The number of likely N-dealkylation sites (tertiary alicyclic amines) is 1. The minimum atomic E-state index is -3.62. The SMILES string of the molecule is Cl.NC[C@@H]1CN(C(=O)C(F)(F)c2cccc(Cl)c2)C[C@H]1c1ccccc1.